The molecule has 4 aromatic rings. The van der Waals surface area contributed by atoms with Crippen LogP contribution in [0.4, 0.5) is 0 Å². The fourth-order valence-corrected chi connectivity index (χ4v) is 7.87. The molecule has 17 heteroatoms. The van der Waals surface area contributed by atoms with Crippen LogP contribution in [0.5, 0.6) is 11.5 Å². The largest absolute Gasteiger partial charge is 0.491 e. The van der Waals surface area contributed by atoms with Gasteiger partial charge in [-0.2, -0.15) is 0 Å². The number of ether oxygens (including phenoxy) is 14. The molecule has 0 aliphatic heterocycles. The lowest BCUT2D eigenvalue weighted by Gasteiger charge is -2.23. The molecular formula is C67H100O17. The van der Waals surface area contributed by atoms with E-state index in [9.17, 15) is 14.7 Å². The maximum absolute atomic E-state index is 13.0. The first-order valence-electron chi connectivity index (χ1n) is 30.1. The predicted octanol–water partition coefficient (Wildman–Crippen LogP) is 11.8. The maximum Gasteiger partial charge on any atom is 0.343 e. The van der Waals surface area contributed by atoms with E-state index in [0.29, 0.717) is 96.2 Å². The van der Waals surface area contributed by atoms with Gasteiger partial charge >= 0.3 is 11.9 Å². The molecule has 0 aliphatic rings. The highest BCUT2D eigenvalue weighted by atomic mass is 16.6. The minimum absolute atomic E-state index is 0.0937. The Morgan fingerprint density at radius 1 is 0.333 bits per heavy atom. The number of hydrogen-bond acceptors (Lipinski definition) is 17. The maximum atomic E-state index is 13.0. The second-order valence-corrected chi connectivity index (χ2v) is 22.2. The molecule has 12 unspecified atom stereocenters. The molecule has 4 aromatic carbocycles. The van der Waals surface area contributed by atoms with Gasteiger partial charge in [-0.3, -0.25) is 0 Å². The van der Waals surface area contributed by atoms with Gasteiger partial charge in [-0.25, -0.2) is 9.59 Å². The van der Waals surface area contributed by atoms with Crippen LogP contribution in [0.1, 0.15) is 130 Å². The van der Waals surface area contributed by atoms with Crippen LogP contribution in [-0.4, -0.2) is 176 Å². The Bertz CT molecular complexity index is 2350. The van der Waals surface area contributed by atoms with Crippen LogP contribution in [0.15, 0.2) is 97.1 Å². The van der Waals surface area contributed by atoms with Gasteiger partial charge in [0.05, 0.1) is 164 Å². The lowest BCUT2D eigenvalue weighted by atomic mass is 10.0. The highest BCUT2D eigenvalue weighted by molar-refractivity contribution is 5.92. The monoisotopic (exact) mass is 1180 g/mol. The van der Waals surface area contributed by atoms with Crippen molar-refractivity contribution in [2.24, 2.45) is 0 Å². The Balaban J connectivity index is 0.993. The molecule has 84 heavy (non-hydrogen) atoms. The number of rotatable bonds is 45. The number of carbonyl (C=O) groups is 2. The van der Waals surface area contributed by atoms with Crippen molar-refractivity contribution >= 4 is 11.9 Å². The molecule has 4 rings (SSSR count). The highest BCUT2D eigenvalue weighted by Gasteiger charge is 2.18. The summed E-state index contributed by atoms with van der Waals surface area (Å²) in [6.07, 6.45) is 1.13. The molecule has 0 amide bonds. The van der Waals surface area contributed by atoms with Crippen molar-refractivity contribution in [1.82, 2.24) is 0 Å². The zero-order valence-corrected chi connectivity index (χ0v) is 52.5. The lowest BCUT2D eigenvalue weighted by molar-refractivity contribution is -0.113. The van der Waals surface area contributed by atoms with Crippen LogP contribution < -0.4 is 9.47 Å². The minimum Gasteiger partial charge on any atom is -0.491 e. The van der Waals surface area contributed by atoms with Gasteiger partial charge in [0.15, 0.2) is 0 Å². The summed E-state index contributed by atoms with van der Waals surface area (Å²) in [6.45, 7) is 30.8. The molecule has 0 aliphatic carbocycles. The zero-order valence-electron chi connectivity index (χ0n) is 52.5. The molecule has 0 radical (unpaired) electrons. The molecule has 17 nitrogen and oxygen atoms in total. The molecule has 0 aromatic heterocycles. The molecule has 0 bridgehead atoms. The first kappa shape index (κ1) is 71.6. The van der Waals surface area contributed by atoms with E-state index in [1.807, 2.05) is 137 Å². The van der Waals surface area contributed by atoms with Crippen molar-refractivity contribution in [3.8, 4) is 33.8 Å². The molecule has 0 spiro atoms. The van der Waals surface area contributed by atoms with Gasteiger partial charge in [-0.1, -0.05) is 68.3 Å². The van der Waals surface area contributed by atoms with Crippen molar-refractivity contribution in [2.75, 3.05) is 85.9 Å². The number of benzene rings is 4. The van der Waals surface area contributed by atoms with Gasteiger partial charge in [0.1, 0.15) is 18.1 Å². The average molecular weight is 1180 g/mol. The number of aliphatic hydroxyl groups is 1. The van der Waals surface area contributed by atoms with Gasteiger partial charge in [0.25, 0.3) is 0 Å². The first-order valence-corrected chi connectivity index (χ1v) is 30.1. The standard InChI is InChI=1S/C67H100O17/c1-14-15-16-33-71-66(69)62-21-17-58(18-22-62)61-27-31-65(32-28-61)84-67(70)63-23-19-59(20-24-63)60-25-29-64(30-26-60)83-45-57(13)82-44-56(12)81-43-55(11)80-42-54(10)79-41-53(9)78-40-52(8)77-39-51(7)76-38-50(6)75-37-49(5)74-36-48(4)73-35-47(3)72-34-46(2)68/h17-32,46-57,68H,14-16,33-45H2,1-13H3. The summed E-state index contributed by atoms with van der Waals surface area (Å²) in [5, 5.41) is 9.37. The third-order valence-corrected chi connectivity index (χ3v) is 13.1. The van der Waals surface area contributed by atoms with Crippen molar-refractivity contribution < 1.29 is 81.0 Å². The van der Waals surface area contributed by atoms with Gasteiger partial charge in [-0.15, -0.1) is 0 Å². The number of aliphatic hydroxyl groups excluding tert-OH is 1. The summed E-state index contributed by atoms with van der Waals surface area (Å²) in [4.78, 5) is 25.4. The molecule has 470 valence electrons. The van der Waals surface area contributed by atoms with E-state index in [1.54, 1.807) is 43.3 Å². The fraction of sp³-hybridized carbons (Fsp3) is 0.612. The number of carbonyl (C=O) groups excluding carboxylic acids is 2. The molecular weight excluding hydrogens is 1080 g/mol. The van der Waals surface area contributed by atoms with E-state index in [1.165, 1.54) is 0 Å². The van der Waals surface area contributed by atoms with Crippen LogP contribution in [0.25, 0.3) is 22.3 Å². The number of hydrogen-bond donors (Lipinski definition) is 1. The van der Waals surface area contributed by atoms with Crippen LogP contribution >= 0.6 is 0 Å². The Kier molecular flexibility index (Phi) is 34.5. The molecule has 0 saturated heterocycles. The first-order chi connectivity index (χ1) is 40.3. The summed E-state index contributed by atoms with van der Waals surface area (Å²) >= 11 is 0. The van der Waals surface area contributed by atoms with Crippen LogP contribution in [-0.2, 0) is 56.8 Å². The number of unbranched alkanes of at least 4 members (excludes halogenated alkanes) is 2. The second-order valence-electron chi connectivity index (χ2n) is 22.2. The van der Waals surface area contributed by atoms with Crippen LogP contribution in [0.2, 0.25) is 0 Å². The Hall–Kier alpha value is -4.86. The highest BCUT2D eigenvalue weighted by Crippen LogP contribution is 2.26. The summed E-state index contributed by atoms with van der Waals surface area (Å²) in [5.41, 5.74) is 4.74. The Morgan fingerprint density at radius 3 is 0.893 bits per heavy atom. The van der Waals surface area contributed by atoms with Gasteiger partial charge in [0, 0.05) is 0 Å². The van der Waals surface area contributed by atoms with Gasteiger partial charge in [0.2, 0.25) is 0 Å². The summed E-state index contributed by atoms with van der Waals surface area (Å²) in [5.74, 6) is 0.378. The molecule has 1 N–H and O–H groups in total. The molecule has 0 fully saturated rings. The van der Waals surface area contributed by atoms with Crippen molar-refractivity contribution in [3.63, 3.8) is 0 Å². The van der Waals surface area contributed by atoms with E-state index in [0.717, 1.165) is 47.3 Å². The third kappa shape index (κ3) is 30.5. The second kappa shape index (κ2) is 40.5. The lowest BCUT2D eigenvalue weighted by Crippen LogP contribution is -2.31. The topological polar surface area (TPSA) is 184 Å². The zero-order chi connectivity index (χ0) is 61.2. The fourth-order valence-electron chi connectivity index (χ4n) is 7.87. The number of esters is 2. The third-order valence-electron chi connectivity index (χ3n) is 13.1. The SMILES string of the molecule is CCCCCOC(=O)c1ccc(-c2ccc(OC(=O)c3ccc(-c4ccc(OCC(C)OCC(C)OCC(C)OCC(C)OCC(C)OCC(C)OCC(C)OCC(C)OCC(C)OCC(C)OCC(C)OCC(C)O)cc4)cc3)cc2)cc1. The van der Waals surface area contributed by atoms with E-state index in [4.69, 9.17) is 66.3 Å². The van der Waals surface area contributed by atoms with Crippen LogP contribution in [0.3, 0.4) is 0 Å². The van der Waals surface area contributed by atoms with Crippen molar-refractivity contribution in [2.45, 2.75) is 183 Å². The smallest absolute Gasteiger partial charge is 0.343 e. The van der Waals surface area contributed by atoms with E-state index in [-0.39, 0.29) is 79.7 Å². The van der Waals surface area contributed by atoms with Crippen LogP contribution in [0, 0.1) is 0 Å². The Labute approximate surface area is 501 Å². The Morgan fingerprint density at radius 2 is 0.595 bits per heavy atom. The van der Waals surface area contributed by atoms with E-state index >= 15 is 0 Å². The molecule has 0 saturated carbocycles. The molecule has 12 atom stereocenters. The predicted molar refractivity (Wildman–Crippen MR) is 325 cm³/mol. The van der Waals surface area contributed by atoms with Crippen molar-refractivity contribution in [1.29, 1.82) is 0 Å². The minimum atomic E-state index is -0.500. The normalized spacial score (nSPS) is 16.1. The summed E-state index contributed by atoms with van der Waals surface area (Å²) < 4.78 is 82.3. The molecule has 0 heterocycles. The van der Waals surface area contributed by atoms with E-state index in [2.05, 4.69) is 6.92 Å². The summed E-state index contributed by atoms with van der Waals surface area (Å²) in [7, 11) is 0. The van der Waals surface area contributed by atoms with Crippen molar-refractivity contribution in [3.05, 3.63) is 108 Å². The van der Waals surface area contributed by atoms with Gasteiger partial charge < -0.3 is 71.4 Å². The quantitative estimate of drug-likeness (QED) is 0.0250. The van der Waals surface area contributed by atoms with Gasteiger partial charge in [-0.05, 0) is 160 Å². The average Bonchev–Trinajstić information content (AvgIpc) is 3.63. The summed E-state index contributed by atoms with van der Waals surface area (Å²) in [6, 6.07) is 29.6. The van der Waals surface area contributed by atoms with E-state index < -0.39 is 12.1 Å².